The second-order valence-electron chi connectivity index (χ2n) is 5.57. The van der Waals surface area contributed by atoms with Crippen molar-refractivity contribution in [3.63, 3.8) is 0 Å². The molecule has 0 bridgehead atoms. The van der Waals surface area contributed by atoms with Gasteiger partial charge in [-0.25, -0.2) is 4.79 Å². The van der Waals surface area contributed by atoms with E-state index in [0.29, 0.717) is 21.7 Å². The smallest absolute Gasteiger partial charge is 0.338 e. The first-order valence-electron chi connectivity index (χ1n) is 7.90. The summed E-state index contributed by atoms with van der Waals surface area (Å²) in [6.07, 6.45) is -1.95. The van der Waals surface area contributed by atoms with E-state index in [9.17, 15) is 9.90 Å². The number of aliphatic hydroxyl groups is 1. The molecule has 1 N–H and O–H groups in total. The molecule has 2 atom stereocenters. The molecule has 0 unspecified atom stereocenters. The van der Waals surface area contributed by atoms with Gasteiger partial charge in [-0.05, 0) is 23.8 Å². The van der Waals surface area contributed by atoms with Crippen LogP contribution in [-0.4, -0.2) is 11.1 Å². The lowest BCUT2D eigenvalue weighted by molar-refractivity contribution is -0.0208. The number of ether oxygens (including phenoxy) is 1. The maximum absolute atomic E-state index is 12.5. The molecular weight excluding hydrogens is 336 g/mol. The molecule has 0 aliphatic carbocycles. The second kappa shape index (κ2) is 7.97. The van der Waals surface area contributed by atoms with Gasteiger partial charge in [0.1, 0.15) is 6.10 Å². The summed E-state index contributed by atoms with van der Waals surface area (Å²) in [4.78, 5) is 12.5. The molecule has 3 aromatic rings. The molecule has 25 heavy (non-hydrogen) atoms. The number of aliphatic hydroxyl groups excluding tert-OH is 1. The van der Waals surface area contributed by atoms with Crippen LogP contribution in [0.5, 0.6) is 0 Å². The van der Waals surface area contributed by atoms with E-state index in [2.05, 4.69) is 0 Å². The van der Waals surface area contributed by atoms with Crippen molar-refractivity contribution >= 4 is 17.6 Å². The Morgan fingerprint density at radius 3 is 2.04 bits per heavy atom. The average Bonchev–Trinajstić information content (AvgIpc) is 2.67. The van der Waals surface area contributed by atoms with Gasteiger partial charge in [0.25, 0.3) is 0 Å². The van der Waals surface area contributed by atoms with Gasteiger partial charge in [0.15, 0.2) is 6.10 Å². The van der Waals surface area contributed by atoms with Crippen LogP contribution in [0.2, 0.25) is 5.02 Å². The molecule has 0 heterocycles. The predicted molar refractivity (Wildman–Crippen MR) is 97.5 cm³/mol. The third-order valence-corrected chi connectivity index (χ3v) is 4.23. The fourth-order valence-electron chi connectivity index (χ4n) is 2.59. The highest BCUT2D eigenvalue weighted by molar-refractivity contribution is 6.31. The molecule has 3 rings (SSSR count). The third-order valence-electron chi connectivity index (χ3n) is 3.88. The van der Waals surface area contributed by atoms with Gasteiger partial charge < -0.3 is 9.84 Å². The van der Waals surface area contributed by atoms with Gasteiger partial charge >= 0.3 is 5.97 Å². The van der Waals surface area contributed by atoms with E-state index in [0.717, 1.165) is 0 Å². The van der Waals surface area contributed by atoms with E-state index in [1.807, 2.05) is 24.3 Å². The summed E-state index contributed by atoms with van der Waals surface area (Å²) in [5, 5.41) is 11.3. The largest absolute Gasteiger partial charge is 0.451 e. The number of hydrogen-bond donors (Lipinski definition) is 1. The van der Waals surface area contributed by atoms with Gasteiger partial charge in [-0.15, -0.1) is 0 Å². The van der Waals surface area contributed by atoms with Crippen molar-refractivity contribution in [3.8, 4) is 0 Å². The standard InChI is InChI=1S/C21H17ClO3/c22-18-14-8-7-13-17(18)20(19(23)15-9-3-1-4-10-15)25-21(24)16-11-5-2-6-12-16/h1-14,19-20,23H/t19-,20-/m0/s1. The number of rotatable bonds is 5. The van der Waals surface area contributed by atoms with Gasteiger partial charge in [0, 0.05) is 10.6 Å². The Labute approximate surface area is 151 Å². The van der Waals surface area contributed by atoms with Crippen LogP contribution in [0.4, 0.5) is 0 Å². The van der Waals surface area contributed by atoms with Crippen LogP contribution in [0.1, 0.15) is 33.7 Å². The minimum Gasteiger partial charge on any atom is -0.451 e. The van der Waals surface area contributed by atoms with Crippen LogP contribution in [-0.2, 0) is 4.74 Å². The minimum atomic E-state index is -1.03. The van der Waals surface area contributed by atoms with Crippen molar-refractivity contribution in [1.29, 1.82) is 0 Å². The Bertz CT molecular complexity index is 834. The van der Waals surface area contributed by atoms with Crippen LogP contribution in [0.3, 0.4) is 0 Å². The number of carbonyl (C=O) groups excluding carboxylic acids is 1. The van der Waals surface area contributed by atoms with Crippen molar-refractivity contribution in [2.24, 2.45) is 0 Å². The van der Waals surface area contributed by atoms with Crippen LogP contribution < -0.4 is 0 Å². The Kier molecular flexibility index (Phi) is 5.49. The zero-order valence-corrected chi connectivity index (χ0v) is 14.1. The van der Waals surface area contributed by atoms with Crippen LogP contribution in [0.25, 0.3) is 0 Å². The molecular formula is C21H17ClO3. The monoisotopic (exact) mass is 352 g/mol. The number of benzene rings is 3. The van der Waals surface area contributed by atoms with Crippen molar-refractivity contribution < 1.29 is 14.6 Å². The predicted octanol–water partition coefficient (Wildman–Crippen LogP) is 4.97. The quantitative estimate of drug-likeness (QED) is 0.659. The van der Waals surface area contributed by atoms with Gasteiger partial charge in [-0.3, -0.25) is 0 Å². The molecule has 126 valence electrons. The first-order valence-corrected chi connectivity index (χ1v) is 8.28. The zero-order chi connectivity index (χ0) is 17.6. The summed E-state index contributed by atoms with van der Waals surface area (Å²) in [6, 6.07) is 24.8. The summed E-state index contributed by atoms with van der Waals surface area (Å²) in [5.41, 5.74) is 1.62. The lowest BCUT2D eigenvalue weighted by atomic mass is 9.98. The lowest BCUT2D eigenvalue weighted by Crippen LogP contribution is -2.19. The molecule has 0 saturated carbocycles. The Morgan fingerprint density at radius 1 is 0.840 bits per heavy atom. The summed E-state index contributed by atoms with van der Waals surface area (Å²) >= 11 is 6.28. The van der Waals surface area contributed by atoms with E-state index in [1.165, 1.54) is 0 Å². The molecule has 0 aromatic heterocycles. The first-order chi connectivity index (χ1) is 12.2. The molecule has 0 fully saturated rings. The van der Waals surface area contributed by atoms with Gasteiger partial charge in [0.2, 0.25) is 0 Å². The SMILES string of the molecule is O=C(O[C@@H](c1ccccc1Cl)[C@@H](O)c1ccccc1)c1ccccc1. The summed E-state index contributed by atoms with van der Waals surface area (Å²) in [5.74, 6) is -0.513. The highest BCUT2D eigenvalue weighted by Crippen LogP contribution is 2.36. The molecule has 0 saturated heterocycles. The summed E-state index contributed by atoms with van der Waals surface area (Å²) in [6.45, 7) is 0. The number of carbonyl (C=O) groups is 1. The summed E-state index contributed by atoms with van der Waals surface area (Å²) in [7, 11) is 0. The number of esters is 1. The van der Waals surface area contributed by atoms with E-state index >= 15 is 0 Å². The van der Waals surface area contributed by atoms with E-state index in [1.54, 1.807) is 60.7 Å². The number of hydrogen-bond acceptors (Lipinski definition) is 3. The zero-order valence-electron chi connectivity index (χ0n) is 13.4. The maximum atomic E-state index is 12.5. The number of halogens is 1. The van der Waals surface area contributed by atoms with Crippen LogP contribution >= 0.6 is 11.6 Å². The van der Waals surface area contributed by atoms with Crippen molar-refractivity contribution in [2.45, 2.75) is 12.2 Å². The fourth-order valence-corrected chi connectivity index (χ4v) is 2.83. The molecule has 0 spiro atoms. The molecule has 0 amide bonds. The van der Waals surface area contributed by atoms with E-state index < -0.39 is 18.2 Å². The lowest BCUT2D eigenvalue weighted by Gasteiger charge is -2.25. The Morgan fingerprint density at radius 2 is 1.40 bits per heavy atom. The topological polar surface area (TPSA) is 46.5 Å². The van der Waals surface area contributed by atoms with Crippen molar-refractivity contribution in [2.75, 3.05) is 0 Å². The molecule has 3 aromatic carbocycles. The second-order valence-corrected chi connectivity index (χ2v) is 5.98. The Balaban J connectivity index is 1.95. The molecule has 0 radical (unpaired) electrons. The van der Waals surface area contributed by atoms with Gasteiger partial charge in [-0.1, -0.05) is 78.3 Å². The van der Waals surface area contributed by atoms with Crippen LogP contribution in [0, 0.1) is 0 Å². The Hall–Kier alpha value is -2.62. The average molecular weight is 353 g/mol. The van der Waals surface area contributed by atoms with Crippen molar-refractivity contribution in [1.82, 2.24) is 0 Å². The van der Waals surface area contributed by atoms with E-state index in [4.69, 9.17) is 16.3 Å². The highest BCUT2D eigenvalue weighted by atomic mass is 35.5. The normalized spacial score (nSPS) is 13.0. The molecule has 0 aliphatic heterocycles. The summed E-state index contributed by atoms with van der Waals surface area (Å²) < 4.78 is 5.65. The maximum Gasteiger partial charge on any atom is 0.338 e. The first kappa shape index (κ1) is 17.2. The fraction of sp³-hybridized carbons (Fsp3) is 0.0952. The molecule has 4 heteroatoms. The van der Waals surface area contributed by atoms with E-state index in [-0.39, 0.29) is 0 Å². The van der Waals surface area contributed by atoms with Crippen molar-refractivity contribution in [3.05, 3.63) is 107 Å². The molecule has 0 aliphatic rings. The minimum absolute atomic E-state index is 0.416. The van der Waals surface area contributed by atoms with Crippen LogP contribution in [0.15, 0.2) is 84.9 Å². The highest BCUT2D eigenvalue weighted by Gasteiger charge is 2.28. The van der Waals surface area contributed by atoms with Gasteiger partial charge in [0.05, 0.1) is 5.56 Å². The third kappa shape index (κ3) is 4.08. The van der Waals surface area contributed by atoms with Gasteiger partial charge in [-0.2, -0.15) is 0 Å². The molecule has 3 nitrogen and oxygen atoms in total.